The highest BCUT2D eigenvalue weighted by Crippen LogP contribution is 2.23. The fraction of sp³-hybridized carbons (Fsp3) is 0.435. The third-order valence-corrected chi connectivity index (χ3v) is 4.42. The normalized spacial score (nSPS) is 13.0. The molecule has 0 aliphatic carbocycles. The molecule has 0 aliphatic rings. The van der Waals surface area contributed by atoms with E-state index in [1.165, 1.54) is 0 Å². The quantitative estimate of drug-likeness (QED) is 0.333. The number of nitrogens with two attached hydrogens (primary N) is 1. The lowest BCUT2D eigenvalue weighted by Gasteiger charge is -2.17. The lowest BCUT2D eigenvalue weighted by Crippen LogP contribution is -2.15. The van der Waals surface area contributed by atoms with Crippen molar-refractivity contribution in [3.63, 3.8) is 0 Å². The van der Waals surface area contributed by atoms with Crippen molar-refractivity contribution in [2.45, 2.75) is 53.9 Å². The van der Waals surface area contributed by atoms with Crippen LogP contribution in [-0.2, 0) is 0 Å². The van der Waals surface area contributed by atoms with E-state index in [4.69, 9.17) is 15.9 Å². The van der Waals surface area contributed by atoms with Crippen molar-refractivity contribution in [1.29, 1.82) is 5.41 Å². The van der Waals surface area contributed by atoms with Crippen molar-refractivity contribution in [3.05, 3.63) is 59.0 Å². The van der Waals surface area contributed by atoms with Crippen LogP contribution in [0, 0.1) is 5.41 Å². The molecular weight excluding hydrogens is 362 g/mol. The van der Waals surface area contributed by atoms with E-state index in [-0.39, 0.29) is 0 Å². The van der Waals surface area contributed by atoms with Crippen LogP contribution in [0.15, 0.2) is 59.0 Å². The van der Waals surface area contributed by atoms with Gasteiger partial charge in [-0.3, -0.25) is 0 Å². The molecule has 0 bridgehead atoms. The summed E-state index contributed by atoms with van der Waals surface area (Å²) < 4.78 is 5.43. The smallest absolute Gasteiger partial charge is 0.226 e. The fourth-order valence-electron chi connectivity index (χ4n) is 2.69. The zero-order valence-electron chi connectivity index (χ0n) is 18.4. The second-order valence-corrected chi connectivity index (χ2v) is 6.94. The van der Waals surface area contributed by atoms with Crippen LogP contribution in [0.1, 0.15) is 53.9 Å². The van der Waals surface area contributed by atoms with Crippen LogP contribution >= 0.6 is 0 Å². The van der Waals surface area contributed by atoms with E-state index in [1.54, 1.807) is 12.3 Å². The van der Waals surface area contributed by atoms with E-state index >= 15 is 0 Å². The van der Waals surface area contributed by atoms with Gasteiger partial charge in [0.25, 0.3) is 0 Å². The molecular formula is C23H35N5O. The van der Waals surface area contributed by atoms with Crippen molar-refractivity contribution < 1.29 is 4.74 Å². The van der Waals surface area contributed by atoms with Gasteiger partial charge in [0.1, 0.15) is 0 Å². The van der Waals surface area contributed by atoms with E-state index < -0.39 is 0 Å². The summed E-state index contributed by atoms with van der Waals surface area (Å²) in [5.41, 5.74) is 11.2. The van der Waals surface area contributed by atoms with Crippen LogP contribution in [0.2, 0.25) is 0 Å². The predicted molar refractivity (Wildman–Crippen MR) is 122 cm³/mol. The minimum Gasteiger partial charge on any atom is -0.478 e. The molecule has 0 radical (unpaired) electrons. The van der Waals surface area contributed by atoms with Crippen molar-refractivity contribution >= 4 is 11.7 Å². The molecule has 0 saturated carbocycles. The Kier molecular flexibility index (Phi) is 10.4. The number of aromatic nitrogens is 2. The van der Waals surface area contributed by atoms with Crippen LogP contribution in [-0.4, -0.2) is 28.8 Å². The van der Waals surface area contributed by atoms with Gasteiger partial charge in [0.05, 0.1) is 6.61 Å². The Morgan fingerprint density at radius 1 is 1.24 bits per heavy atom. The number of ether oxygens (including phenoxy) is 1. The number of nitrogens with one attached hydrogen (secondary N) is 2. The van der Waals surface area contributed by atoms with Gasteiger partial charge in [-0.1, -0.05) is 26.0 Å². The van der Waals surface area contributed by atoms with Gasteiger partial charge < -0.3 is 21.2 Å². The first kappa shape index (κ1) is 24.1. The molecule has 1 aromatic rings. The SMILES string of the molecule is C=C(C)\C(N)=C/C=C(C)/C(CCCC)=C(\CNc1nccc(OCC)n1)C(C)=N. The number of hydrogen-bond donors (Lipinski definition) is 3. The molecule has 6 nitrogen and oxygen atoms in total. The first-order chi connectivity index (χ1) is 13.8. The minimum absolute atomic E-state index is 0.467. The summed E-state index contributed by atoms with van der Waals surface area (Å²) in [4.78, 5) is 8.60. The van der Waals surface area contributed by atoms with Gasteiger partial charge >= 0.3 is 0 Å². The Morgan fingerprint density at radius 3 is 2.55 bits per heavy atom. The van der Waals surface area contributed by atoms with Crippen LogP contribution in [0.3, 0.4) is 0 Å². The van der Waals surface area contributed by atoms with Crippen molar-refractivity contribution in [1.82, 2.24) is 9.97 Å². The molecule has 0 atom stereocenters. The third-order valence-electron chi connectivity index (χ3n) is 4.42. The molecule has 0 aromatic carbocycles. The van der Waals surface area contributed by atoms with E-state index in [0.717, 1.165) is 41.6 Å². The zero-order valence-corrected chi connectivity index (χ0v) is 18.4. The van der Waals surface area contributed by atoms with Gasteiger partial charge in [-0.05, 0) is 68.9 Å². The second kappa shape index (κ2) is 12.5. The average molecular weight is 398 g/mol. The highest BCUT2D eigenvalue weighted by Gasteiger charge is 2.12. The molecule has 1 rings (SSSR count). The van der Waals surface area contributed by atoms with Gasteiger partial charge in [0.15, 0.2) is 0 Å². The molecule has 6 heteroatoms. The number of hydrogen-bond acceptors (Lipinski definition) is 6. The maximum Gasteiger partial charge on any atom is 0.226 e. The highest BCUT2D eigenvalue weighted by atomic mass is 16.5. The summed E-state index contributed by atoms with van der Waals surface area (Å²) in [5.74, 6) is 1.02. The molecule has 4 N–H and O–H groups in total. The molecule has 0 spiro atoms. The third kappa shape index (κ3) is 8.34. The van der Waals surface area contributed by atoms with E-state index in [1.807, 2.05) is 32.9 Å². The van der Waals surface area contributed by atoms with Crippen LogP contribution in [0.25, 0.3) is 0 Å². The summed E-state index contributed by atoms with van der Waals surface area (Å²) in [6.45, 7) is 14.7. The van der Waals surface area contributed by atoms with E-state index in [0.29, 0.717) is 36.4 Å². The average Bonchev–Trinajstić information content (AvgIpc) is 2.68. The molecule has 1 aromatic heterocycles. The summed E-state index contributed by atoms with van der Waals surface area (Å²) in [7, 11) is 0. The van der Waals surface area contributed by atoms with Gasteiger partial charge in [-0.2, -0.15) is 4.98 Å². The Morgan fingerprint density at radius 2 is 1.97 bits per heavy atom. The fourth-order valence-corrected chi connectivity index (χ4v) is 2.69. The van der Waals surface area contributed by atoms with Crippen LogP contribution < -0.4 is 15.8 Å². The van der Waals surface area contributed by atoms with Crippen LogP contribution in [0.4, 0.5) is 5.95 Å². The maximum absolute atomic E-state index is 8.32. The number of nitrogens with zero attached hydrogens (tertiary/aromatic N) is 2. The summed E-state index contributed by atoms with van der Waals surface area (Å²) in [6.07, 6.45) is 8.57. The topological polar surface area (TPSA) is 96.9 Å². The monoisotopic (exact) mass is 397 g/mol. The van der Waals surface area contributed by atoms with Gasteiger partial charge in [0, 0.05) is 30.2 Å². The van der Waals surface area contributed by atoms with Crippen molar-refractivity contribution in [3.8, 4) is 5.88 Å². The maximum atomic E-state index is 8.32. The summed E-state index contributed by atoms with van der Waals surface area (Å²) in [6, 6.07) is 1.73. The second-order valence-electron chi connectivity index (χ2n) is 6.94. The predicted octanol–water partition coefficient (Wildman–Crippen LogP) is 5.18. The first-order valence-corrected chi connectivity index (χ1v) is 10.1. The summed E-state index contributed by atoms with van der Waals surface area (Å²) in [5, 5.41) is 11.6. The Hall–Kier alpha value is -2.89. The molecule has 29 heavy (non-hydrogen) atoms. The molecule has 0 unspecified atom stereocenters. The van der Waals surface area contributed by atoms with Gasteiger partial charge in [0.2, 0.25) is 11.8 Å². The van der Waals surface area contributed by atoms with E-state index in [9.17, 15) is 0 Å². The number of anilines is 1. The standard InChI is InChI=1S/C23H35N5O/c1-7-9-10-19(17(5)11-12-21(25)16(3)4)20(18(6)24)15-27-23-26-14-13-22(28-23)29-8-2/h11-14,24H,3,7-10,15,25H2,1-2,4-6H3,(H,26,27,28)/b17-11+,20-19+,21-12+,24-18?. The Labute approximate surface area is 175 Å². The Balaban J connectivity index is 3.20. The number of unbranched alkanes of at least 4 members (excludes halogenated alkanes) is 1. The number of rotatable bonds is 12. The van der Waals surface area contributed by atoms with Crippen molar-refractivity contribution in [2.24, 2.45) is 5.73 Å². The molecule has 0 aliphatic heterocycles. The van der Waals surface area contributed by atoms with Crippen molar-refractivity contribution in [2.75, 3.05) is 18.5 Å². The Bertz CT molecular complexity index is 805. The zero-order chi connectivity index (χ0) is 21.8. The lowest BCUT2D eigenvalue weighted by atomic mass is 9.93. The van der Waals surface area contributed by atoms with Gasteiger partial charge in [-0.15, -0.1) is 0 Å². The van der Waals surface area contributed by atoms with Gasteiger partial charge in [-0.25, -0.2) is 4.98 Å². The first-order valence-electron chi connectivity index (χ1n) is 10.1. The molecule has 0 amide bonds. The number of allylic oxidation sites excluding steroid dienone is 5. The lowest BCUT2D eigenvalue weighted by molar-refractivity contribution is 0.326. The molecule has 0 fully saturated rings. The largest absolute Gasteiger partial charge is 0.478 e. The highest BCUT2D eigenvalue weighted by molar-refractivity contribution is 5.98. The molecule has 0 saturated heterocycles. The molecule has 158 valence electrons. The van der Waals surface area contributed by atoms with Crippen LogP contribution in [0.5, 0.6) is 5.88 Å². The molecule has 1 heterocycles. The minimum atomic E-state index is 0.467. The van der Waals surface area contributed by atoms with E-state index in [2.05, 4.69) is 35.7 Å². The summed E-state index contributed by atoms with van der Waals surface area (Å²) >= 11 is 0.